The summed E-state index contributed by atoms with van der Waals surface area (Å²) in [6, 6.07) is 3.87. The van der Waals surface area contributed by atoms with Crippen molar-refractivity contribution in [2.75, 3.05) is 12.0 Å². The molecule has 0 radical (unpaired) electrons. The summed E-state index contributed by atoms with van der Waals surface area (Å²) < 4.78 is 32.2. The standard InChI is InChI=1S/C19H29N5O2S/c1-14(2)10-16-4-5-17-18(24(3)11-19(17)27(20,25)23-16)12-26-13-22-15-6-8-21-9-7-15/h6-9,11,14,16H,4-5,10,12-13H2,1-3H3,(H,21,22)(H2,20,23,25)/t16-,27?/m0/s1. The summed E-state index contributed by atoms with van der Waals surface area (Å²) in [5.74, 6) is 0.503. The molecule has 2 aromatic rings. The van der Waals surface area contributed by atoms with Gasteiger partial charge in [-0.3, -0.25) is 4.98 Å². The number of nitrogens with zero attached hydrogens (tertiary/aromatic N) is 2. The Bertz CT molecular complexity index is 862. The Balaban J connectivity index is 1.69. The van der Waals surface area contributed by atoms with Crippen LogP contribution in [-0.2, 0) is 34.7 Å². The molecule has 0 aromatic carbocycles. The van der Waals surface area contributed by atoms with E-state index >= 15 is 0 Å². The zero-order valence-corrected chi connectivity index (χ0v) is 17.0. The monoisotopic (exact) mass is 391 g/mol. The second kappa shape index (κ2) is 8.41. The fourth-order valence-electron chi connectivity index (χ4n) is 3.55. The fourth-order valence-corrected chi connectivity index (χ4v) is 5.24. The highest BCUT2D eigenvalue weighted by Gasteiger charge is 2.28. The third-order valence-corrected chi connectivity index (χ3v) is 6.46. The van der Waals surface area contributed by atoms with Gasteiger partial charge in [0.05, 0.1) is 11.5 Å². The van der Waals surface area contributed by atoms with Gasteiger partial charge in [-0.2, -0.15) is 0 Å². The van der Waals surface area contributed by atoms with E-state index in [4.69, 9.17) is 9.52 Å². The fraction of sp³-hybridized carbons (Fsp3) is 0.526. The summed E-state index contributed by atoms with van der Waals surface area (Å²) >= 11 is 0. The zero-order valence-electron chi connectivity index (χ0n) is 16.2. The van der Waals surface area contributed by atoms with Gasteiger partial charge in [-0.1, -0.05) is 13.8 Å². The van der Waals surface area contributed by atoms with Crippen molar-refractivity contribution in [1.29, 1.82) is 4.78 Å². The third kappa shape index (κ3) is 4.88. The molecule has 0 saturated carbocycles. The van der Waals surface area contributed by atoms with Crippen LogP contribution in [0.25, 0.3) is 0 Å². The molecule has 2 atom stereocenters. The Kier molecular flexibility index (Phi) is 6.18. The van der Waals surface area contributed by atoms with Gasteiger partial charge < -0.3 is 14.6 Å². The number of hydrogen-bond donors (Lipinski definition) is 3. The van der Waals surface area contributed by atoms with Gasteiger partial charge in [0.15, 0.2) is 0 Å². The minimum absolute atomic E-state index is 0.106. The van der Waals surface area contributed by atoms with E-state index in [1.165, 1.54) is 0 Å². The predicted molar refractivity (Wildman–Crippen MR) is 107 cm³/mol. The predicted octanol–water partition coefficient (Wildman–Crippen LogP) is 3.28. The van der Waals surface area contributed by atoms with Crippen LogP contribution in [0, 0.1) is 10.7 Å². The number of ether oxygens (including phenoxy) is 1. The molecule has 0 aliphatic carbocycles. The lowest BCUT2D eigenvalue weighted by atomic mass is 9.98. The number of nitrogens with one attached hydrogen (secondary N) is 3. The van der Waals surface area contributed by atoms with Crippen LogP contribution in [-0.4, -0.2) is 26.5 Å². The molecule has 1 aliphatic rings. The van der Waals surface area contributed by atoms with E-state index in [9.17, 15) is 4.21 Å². The van der Waals surface area contributed by atoms with Gasteiger partial charge in [-0.05, 0) is 42.9 Å². The van der Waals surface area contributed by atoms with Crippen molar-refractivity contribution in [3.05, 3.63) is 42.0 Å². The SMILES string of the molecule is CC(C)C[C@@H]1CCc2c(cn(C)c2COCNc2ccncc2)S(=N)(=O)N1. The van der Waals surface area contributed by atoms with Gasteiger partial charge in [0.25, 0.3) is 0 Å². The number of aryl methyl sites for hydroxylation is 1. The number of fused-ring (bicyclic) bond motifs is 1. The van der Waals surface area contributed by atoms with Gasteiger partial charge in [-0.15, -0.1) is 0 Å². The van der Waals surface area contributed by atoms with E-state index in [0.717, 1.165) is 36.2 Å². The first-order chi connectivity index (χ1) is 12.9. The van der Waals surface area contributed by atoms with Crippen LogP contribution in [0.3, 0.4) is 0 Å². The molecule has 2 aromatic heterocycles. The molecule has 7 nitrogen and oxygen atoms in total. The van der Waals surface area contributed by atoms with Crippen molar-refractivity contribution in [3.63, 3.8) is 0 Å². The molecule has 3 N–H and O–H groups in total. The van der Waals surface area contributed by atoms with Crippen LogP contribution < -0.4 is 10.0 Å². The lowest BCUT2D eigenvalue weighted by Gasteiger charge is -2.19. The molecule has 0 saturated heterocycles. The van der Waals surface area contributed by atoms with Crippen molar-refractivity contribution >= 4 is 15.6 Å². The Morgan fingerprint density at radius 3 is 2.89 bits per heavy atom. The van der Waals surface area contributed by atoms with Crippen molar-refractivity contribution in [2.45, 2.75) is 50.7 Å². The number of hydrogen-bond acceptors (Lipinski definition) is 5. The summed E-state index contributed by atoms with van der Waals surface area (Å²) in [6.45, 7) is 5.09. The minimum Gasteiger partial charge on any atom is -0.363 e. The van der Waals surface area contributed by atoms with Crippen LogP contribution in [0.15, 0.2) is 35.6 Å². The number of aromatic nitrogens is 2. The maximum atomic E-state index is 13.0. The van der Waals surface area contributed by atoms with Crippen LogP contribution in [0.4, 0.5) is 5.69 Å². The van der Waals surface area contributed by atoms with Gasteiger partial charge in [0, 0.05) is 43.1 Å². The lowest BCUT2D eigenvalue weighted by Crippen LogP contribution is -2.33. The highest BCUT2D eigenvalue weighted by molar-refractivity contribution is 7.90. The van der Waals surface area contributed by atoms with Crippen molar-refractivity contribution in [2.24, 2.45) is 13.0 Å². The summed E-state index contributed by atoms with van der Waals surface area (Å²) in [5, 5.41) is 3.19. The molecule has 1 unspecified atom stereocenters. The molecule has 8 heteroatoms. The normalized spacial score (nSPS) is 22.4. The quantitative estimate of drug-likeness (QED) is 0.499. The minimum atomic E-state index is -3.00. The van der Waals surface area contributed by atoms with Crippen LogP contribution in [0.5, 0.6) is 0 Å². The summed E-state index contributed by atoms with van der Waals surface area (Å²) in [5.41, 5.74) is 2.94. The Hall–Kier alpha value is -1.90. The largest absolute Gasteiger partial charge is 0.363 e. The topological polar surface area (TPSA) is 92.0 Å². The van der Waals surface area contributed by atoms with Gasteiger partial charge in [-0.25, -0.2) is 13.7 Å². The molecular weight excluding hydrogens is 362 g/mol. The highest BCUT2D eigenvalue weighted by atomic mass is 32.2. The molecule has 0 fully saturated rings. The highest BCUT2D eigenvalue weighted by Crippen LogP contribution is 2.29. The third-order valence-electron chi connectivity index (χ3n) is 4.82. The zero-order chi connectivity index (χ0) is 19.4. The number of rotatable bonds is 7. The molecule has 0 spiro atoms. The van der Waals surface area contributed by atoms with Gasteiger partial charge >= 0.3 is 0 Å². The number of anilines is 1. The Morgan fingerprint density at radius 1 is 1.44 bits per heavy atom. The molecule has 3 heterocycles. The van der Waals surface area contributed by atoms with Crippen molar-refractivity contribution < 1.29 is 8.95 Å². The molecule has 3 rings (SSSR count). The van der Waals surface area contributed by atoms with E-state index in [0.29, 0.717) is 24.2 Å². The van der Waals surface area contributed by atoms with Crippen LogP contribution in [0.2, 0.25) is 0 Å². The van der Waals surface area contributed by atoms with E-state index in [1.54, 1.807) is 12.4 Å². The van der Waals surface area contributed by atoms with E-state index < -0.39 is 9.92 Å². The van der Waals surface area contributed by atoms with E-state index in [2.05, 4.69) is 28.9 Å². The molecule has 0 bridgehead atoms. The van der Waals surface area contributed by atoms with E-state index in [-0.39, 0.29) is 6.04 Å². The van der Waals surface area contributed by atoms with Crippen molar-refractivity contribution in [3.8, 4) is 0 Å². The molecule has 0 amide bonds. The molecule has 148 valence electrons. The van der Waals surface area contributed by atoms with Crippen LogP contribution >= 0.6 is 0 Å². The van der Waals surface area contributed by atoms with E-state index in [1.807, 2.05) is 29.9 Å². The molecule has 1 aliphatic heterocycles. The lowest BCUT2D eigenvalue weighted by molar-refractivity contribution is 0.133. The average Bonchev–Trinajstić information content (AvgIpc) is 2.87. The first-order valence-electron chi connectivity index (χ1n) is 9.31. The van der Waals surface area contributed by atoms with Crippen molar-refractivity contribution in [1.82, 2.24) is 14.3 Å². The molecular formula is C19H29N5O2S. The Morgan fingerprint density at radius 2 is 2.19 bits per heavy atom. The average molecular weight is 392 g/mol. The van der Waals surface area contributed by atoms with Crippen LogP contribution in [0.1, 0.15) is 37.9 Å². The summed E-state index contributed by atoms with van der Waals surface area (Å²) in [6.07, 6.45) is 7.90. The first kappa shape index (κ1) is 19.9. The van der Waals surface area contributed by atoms with Gasteiger partial charge in [0.2, 0.25) is 0 Å². The molecule has 27 heavy (non-hydrogen) atoms. The maximum absolute atomic E-state index is 13.0. The second-order valence-corrected chi connectivity index (χ2v) is 9.26. The number of pyridine rings is 1. The van der Waals surface area contributed by atoms with Gasteiger partial charge in [0.1, 0.15) is 16.6 Å². The second-order valence-electron chi connectivity index (χ2n) is 7.47. The summed E-state index contributed by atoms with van der Waals surface area (Å²) in [7, 11) is -1.08. The smallest absolute Gasteiger partial charge is 0.136 e. The Labute approximate surface area is 161 Å². The maximum Gasteiger partial charge on any atom is 0.136 e. The first-order valence-corrected chi connectivity index (χ1v) is 10.9. The summed E-state index contributed by atoms with van der Waals surface area (Å²) in [4.78, 5) is 4.59.